The molecule has 1 heterocycles. The highest BCUT2D eigenvalue weighted by molar-refractivity contribution is 5.89. The third-order valence-corrected chi connectivity index (χ3v) is 3.84. The molecule has 0 aliphatic carbocycles. The lowest BCUT2D eigenvalue weighted by Gasteiger charge is -2.13. The molecule has 3 aromatic rings. The van der Waals surface area contributed by atoms with Gasteiger partial charge in [0.25, 0.3) is 5.76 Å². The van der Waals surface area contributed by atoms with Crippen molar-refractivity contribution >= 4 is 16.9 Å². The van der Waals surface area contributed by atoms with Gasteiger partial charge in [-0.25, -0.2) is 4.79 Å². The number of benzene rings is 2. The molecule has 0 bridgehead atoms. The largest absolute Gasteiger partial charge is 0.508 e. The number of hydrogen-bond acceptors (Lipinski definition) is 6. The first-order valence-electron chi connectivity index (χ1n) is 8.52. The maximum absolute atomic E-state index is 13.4. The number of rotatable bonds is 5. The van der Waals surface area contributed by atoms with E-state index >= 15 is 0 Å². The first-order chi connectivity index (χ1) is 13.7. The van der Waals surface area contributed by atoms with Gasteiger partial charge in [-0.2, -0.15) is 13.2 Å². The van der Waals surface area contributed by atoms with Crippen molar-refractivity contribution in [3.05, 3.63) is 64.0 Å². The second-order valence-electron chi connectivity index (χ2n) is 6.03. The van der Waals surface area contributed by atoms with Crippen molar-refractivity contribution in [2.75, 3.05) is 6.61 Å². The van der Waals surface area contributed by atoms with Gasteiger partial charge in [0.05, 0.1) is 17.6 Å². The Kier molecular flexibility index (Phi) is 5.49. The number of hydrogen-bond donors (Lipinski definition) is 1. The number of carbonyl (C=O) groups excluding carboxylic acids is 1. The second kappa shape index (κ2) is 7.86. The molecule has 29 heavy (non-hydrogen) atoms. The summed E-state index contributed by atoms with van der Waals surface area (Å²) in [6.45, 7) is 2.07. The standard InChI is InChI=1S/C20H15F3O6/c1-2-9-27-19(26)11-3-6-13(7-4-11)28-17-16(25)14-8-5-12(24)10-15(14)29-18(17)20(21,22)23/h3-8,10,24H,2,9H2,1H3. The predicted molar refractivity (Wildman–Crippen MR) is 96.2 cm³/mol. The molecule has 0 saturated heterocycles. The zero-order valence-corrected chi connectivity index (χ0v) is 15.1. The van der Waals surface area contributed by atoms with Crippen LogP contribution in [0.1, 0.15) is 29.5 Å². The summed E-state index contributed by atoms with van der Waals surface area (Å²) >= 11 is 0. The molecule has 0 saturated carbocycles. The molecule has 6 nitrogen and oxygen atoms in total. The van der Waals surface area contributed by atoms with Gasteiger partial charge >= 0.3 is 12.1 Å². The molecule has 1 aromatic heterocycles. The van der Waals surface area contributed by atoms with Crippen molar-refractivity contribution in [1.29, 1.82) is 0 Å². The molecule has 0 fully saturated rings. The number of fused-ring (bicyclic) bond motifs is 1. The number of aromatic hydroxyl groups is 1. The van der Waals surface area contributed by atoms with E-state index in [1.807, 2.05) is 6.92 Å². The van der Waals surface area contributed by atoms with Crippen LogP contribution in [0.15, 0.2) is 51.7 Å². The van der Waals surface area contributed by atoms with E-state index in [-0.39, 0.29) is 29.1 Å². The fourth-order valence-corrected chi connectivity index (χ4v) is 2.50. The summed E-state index contributed by atoms with van der Waals surface area (Å²) in [7, 11) is 0. The molecule has 0 spiro atoms. The van der Waals surface area contributed by atoms with Crippen LogP contribution in [0.2, 0.25) is 0 Å². The van der Waals surface area contributed by atoms with E-state index in [1.165, 1.54) is 24.3 Å². The molecule has 0 radical (unpaired) electrons. The van der Waals surface area contributed by atoms with Gasteiger partial charge in [0.1, 0.15) is 17.1 Å². The van der Waals surface area contributed by atoms with Gasteiger partial charge in [-0.3, -0.25) is 4.79 Å². The Bertz CT molecular complexity index is 1100. The predicted octanol–water partition coefficient (Wildman–Crippen LogP) is 4.88. The van der Waals surface area contributed by atoms with Crippen LogP contribution in [-0.4, -0.2) is 17.7 Å². The van der Waals surface area contributed by atoms with Gasteiger partial charge in [0, 0.05) is 6.07 Å². The van der Waals surface area contributed by atoms with Gasteiger partial charge in [0.15, 0.2) is 0 Å². The van der Waals surface area contributed by atoms with E-state index in [4.69, 9.17) is 13.9 Å². The minimum atomic E-state index is -5.02. The second-order valence-corrected chi connectivity index (χ2v) is 6.03. The number of phenolic OH excluding ortho intramolecular Hbond substituents is 1. The average molecular weight is 408 g/mol. The molecule has 0 aliphatic rings. The number of alkyl halides is 3. The quantitative estimate of drug-likeness (QED) is 0.606. The summed E-state index contributed by atoms with van der Waals surface area (Å²) in [5.41, 5.74) is -1.29. The summed E-state index contributed by atoms with van der Waals surface area (Å²) in [4.78, 5) is 24.4. The van der Waals surface area contributed by atoms with E-state index in [9.17, 15) is 27.9 Å². The SMILES string of the molecule is CCCOC(=O)c1ccc(Oc2c(C(F)(F)F)oc3cc(O)ccc3c2=O)cc1. The first-order valence-corrected chi connectivity index (χ1v) is 8.52. The fraction of sp³-hybridized carbons (Fsp3) is 0.200. The Hall–Kier alpha value is -3.49. The smallest absolute Gasteiger partial charge is 0.453 e. The Morgan fingerprint density at radius 2 is 1.83 bits per heavy atom. The van der Waals surface area contributed by atoms with Gasteiger partial charge in [-0.15, -0.1) is 0 Å². The van der Waals surface area contributed by atoms with Crippen molar-refractivity contribution in [2.24, 2.45) is 0 Å². The maximum atomic E-state index is 13.4. The number of carbonyl (C=O) groups is 1. The number of ether oxygens (including phenoxy) is 2. The van der Waals surface area contributed by atoms with Crippen LogP contribution in [0, 0.1) is 0 Å². The van der Waals surface area contributed by atoms with Crippen LogP contribution in [0.4, 0.5) is 13.2 Å². The lowest BCUT2D eigenvalue weighted by atomic mass is 10.2. The van der Waals surface area contributed by atoms with Crippen LogP contribution >= 0.6 is 0 Å². The third kappa shape index (κ3) is 4.34. The molecular formula is C20H15F3O6. The van der Waals surface area contributed by atoms with E-state index in [2.05, 4.69) is 0 Å². The lowest BCUT2D eigenvalue weighted by molar-refractivity contribution is -0.154. The summed E-state index contributed by atoms with van der Waals surface area (Å²) in [5.74, 6) is -3.72. The molecule has 0 unspecified atom stereocenters. The van der Waals surface area contributed by atoms with Crippen LogP contribution in [0.3, 0.4) is 0 Å². The molecule has 1 N–H and O–H groups in total. The van der Waals surface area contributed by atoms with E-state index in [1.54, 1.807) is 0 Å². The zero-order chi connectivity index (χ0) is 21.2. The highest BCUT2D eigenvalue weighted by Gasteiger charge is 2.40. The summed E-state index contributed by atoms with van der Waals surface area (Å²) in [5, 5.41) is 9.24. The van der Waals surface area contributed by atoms with Gasteiger partial charge < -0.3 is 19.0 Å². The van der Waals surface area contributed by atoms with E-state index in [0.29, 0.717) is 6.42 Å². The average Bonchev–Trinajstić information content (AvgIpc) is 2.67. The van der Waals surface area contributed by atoms with Crippen LogP contribution in [-0.2, 0) is 10.9 Å². The number of esters is 1. The first kappa shape index (κ1) is 20.2. The van der Waals surface area contributed by atoms with E-state index in [0.717, 1.165) is 18.2 Å². The maximum Gasteiger partial charge on any atom is 0.453 e. The highest BCUT2D eigenvalue weighted by Crippen LogP contribution is 2.38. The van der Waals surface area contributed by atoms with E-state index < -0.39 is 34.7 Å². The normalized spacial score (nSPS) is 11.4. The number of halogens is 3. The zero-order valence-electron chi connectivity index (χ0n) is 15.1. The molecule has 0 aliphatic heterocycles. The highest BCUT2D eigenvalue weighted by atomic mass is 19.4. The molecule has 3 rings (SSSR count). The van der Waals surface area contributed by atoms with Crippen molar-refractivity contribution in [3.8, 4) is 17.2 Å². The monoisotopic (exact) mass is 408 g/mol. The Labute approximate surface area is 162 Å². The van der Waals surface area contributed by atoms with Crippen molar-refractivity contribution < 1.29 is 37.0 Å². The minimum absolute atomic E-state index is 0.104. The van der Waals surface area contributed by atoms with Crippen LogP contribution in [0.5, 0.6) is 17.2 Å². The van der Waals surface area contributed by atoms with Crippen molar-refractivity contribution in [2.45, 2.75) is 19.5 Å². The molecule has 152 valence electrons. The Morgan fingerprint density at radius 3 is 2.45 bits per heavy atom. The summed E-state index contributed by atoms with van der Waals surface area (Å²) < 4.78 is 55.2. The minimum Gasteiger partial charge on any atom is -0.508 e. The summed E-state index contributed by atoms with van der Waals surface area (Å²) in [6.07, 6.45) is -4.37. The Balaban J connectivity index is 2.01. The molecule has 0 atom stereocenters. The molecule has 9 heteroatoms. The topological polar surface area (TPSA) is 86.0 Å². The lowest BCUT2D eigenvalue weighted by Crippen LogP contribution is -2.15. The molecule has 0 amide bonds. The molecule has 2 aromatic carbocycles. The fourth-order valence-electron chi connectivity index (χ4n) is 2.50. The number of phenols is 1. The van der Waals surface area contributed by atoms with Gasteiger partial charge in [-0.05, 0) is 42.8 Å². The Morgan fingerprint density at radius 1 is 1.14 bits per heavy atom. The van der Waals surface area contributed by atoms with Crippen molar-refractivity contribution in [3.63, 3.8) is 0 Å². The third-order valence-electron chi connectivity index (χ3n) is 3.84. The van der Waals surface area contributed by atoms with Gasteiger partial charge in [-0.1, -0.05) is 6.92 Å². The van der Waals surface area contributed by atoms with Crippen LogP contribution in [0.25, 0.3) is 11.0 Å². The molecular weight excluding hydrogens is 393 g/mol. The van der Waals surface area contributed by atoms with Crippen LogP contribution < -0.4 is 10.2 Å². The van der Waals surface area contributed by atoms with Crippen molar-refractivity contribution in [1.82, 2.24) is 0 Å². The summed E-state index contributed by atoms with van der Waals surface area (Å²) in [6, 6.07) is 8.28. The van der Waals surface area contributed by atoms with Gasteiger partial charge in [0.2, 0.25) is 11.2 Å².